The van der Waals surface area contributed by atoms with Crippen LogP contribution in [0.1, 0.15) is 28.4 Å². The first kappa shape index (κ1) is 27.7. The fourth-order valence-corrected chi connectivity index (χ4v) is 4.94. The second-order valence-electron chi connectivity index (χ2n) is 8.69. The molecule has 196 valence electrons. The molecule has 1 atom stereocenters. The van der Waals surface area contributed by atoms with Crippen LogP contribution in [0.25, 0.3) is 22.4 Å². The number of nitrogens with one attached hydrogen (secondary N) is 1. The van der Waals surface area contributed by atoms with E-state index in [1.807, 2.05) is 61.5 Å². The maximum atomic E-state index is 13.1. The molecule has 2 N–H and O–H groups in total. The smallest absolute Gasteiger partial charge is 0.337 e. The summed E-state index contributed by atoms with van der Waals surface area (Å²) in [6.45, 7) is 3.69. The van der Waals surface area contributed by atoms with Crippen LogP contribution < -0.4 is 10.1 Å². The number of halogens is 1. The molecule has 3 aromatic carbocycles. The first-order chi connectivity index (χ1) is 18.7. The summed E-state index contributed by atoms with van der Waals surface area (Å²) in [5.41, 5.74) is 4.68. The van der Waals surface area contributed by atoms with Crippen molar-refractivity contribution < 1.29 is 19.4 Å². The van der Waals surface area contributed by atoms with Crippen LogP contribution in [0.2, 0.25) is 5.02 Å². The minimum absolute atomic E-state index is 0.0739. The fraction of sp³-hybridized carbons (Fsp3) is 0.133. The van der Waals surface area contributed by atoms with Crippen LogP contribution >= 0.6 is 23.4 Å². The molecule has 9 heteroatoms. The summed E-state index contributed by atoms with van der Waals surface area (Å²) in [4.78, 5) is 29.2. The van der Waals surface area contributed by atoms with E-state index in [1.54, 1.807) is 14.0 Å². The fourth-order valence-electron chi connectivity index (χ4n) is 3.82. The standard InChI is InChI=1S/C30H24ClN3O4S/c1-17-4-6-19(7-5-17)23-15-27(20-8-11-22(38-3)12-9-20)34-29(25(23)16-32)39-18(2)28(35)33-21-10-13-26(31)24(14-21)30(36)37/h4-15,18H,1-3H3,(H,33,35)(H,36,37). The average Bonchev–Trinajstić information content (AvgIpc) is 2.94. The molecule has 0 spiro atoms. The maximum Gasteiger partial charge on any atom is 0.337 e. The first-order valence-electron chi connectivity index (χ1n) is 11.9. The van der Waals surface area contributed by atoms with Crippen molar-refractivity contribution in [3.05, 3.63) is 94.5 Å². The number of carboxylic acid groups (broad SMARTS) is 1. The molecule has 4 rings (SSSR count). The highest BCUT2D eigenvalue weighted by Crippen LogP contribution is 2.36. The number of ether oxygens (including phenoxy) is 1. The van der Waals surface area contributed by atoms with Gasteiger partial charge in [0, 0.05) is 16.8 Å². The van der Waals surface area contributed by atoms with Gasteiger partial charge in [-0.3, -0.25) is 4.79 Å². The summed E-state index contributed by atoms with van der Waals surface area (Å²) in [6, 6.07) is 23.7. The van der Waals surface area contributed by atoms with Crippen LogP contribution in [0.5, 0.6) is 5.75 Å². The molecule has 0 radical (unpaired) electrons. The predicted molar refractivity (Wildman–Crippen MR) is 153 cm³/mol. The van der Waals surface area contributed by atoms with Gasteiger partial charge in [0.05, 0.1) is 34.2 Å². The van der Waals surface area contributed by atoms with Crippen molar-refractivity contribution in [3.8, 4) is 34.2 Å². The number of aryl methyl sites for hydroxylation is 1. The third kappa shape index (κ3) is 6.40. The quantitative estimate of drug-likeness (QED) is 0.223. The van der Waals surface area contributed by atoms with Gasteiger partial charge >= 0.3 is 5.97 Å². The number of anilines is 1. The SMILES string of the molecule is COc1ccc(-c2cc(-c3ccc(C)cc3)c(C#N)c(SC(C)C(=O)Nc3ccc(Cl)c(C(=O)O)c3)n2)cc1. The lowest BCUT2D eigenvalue weighted by atomic mass is 9.98. The number of carboxylic acids is 1. The number of carbonyl (C=O) groups excluding carboxylic acids is 1. The van der Waals surface area contributed by atoms with Crippen molar-refractivity contribution in [3.63, 3.8) is 0 Å². The number of nitrogens with zero attached hydrogens (tertiary/aromatic N) is 2. The molecular weight excluding hydrogens is 534 g/mol. The molecule has 39 heavy (non-hydrogen) atoms. The lowest BCUT2D eigenvalue weighted by Gasteiger charge is -2.16. The Morgan fingerprint density at radius 3 is 2.33 bits per heavy atom. The van der Waals surface area contributed by atoms with Crippen LogP contribution in [0.15, 0.2) is 77.8 Å². The zero-order chi connectivity index (χ0) is 28.1. The number of carbonyl (C=O) groups is 2. The number of thioether (sulfide) groups is 1. The summed E-state index contributed by atoms with van der Waals surface area (Å²) in [6.07, 6.45) is 0. The van der Waals surface area contributed by atoms with Crippen LogP contribution in [0, 0.1) is 18.3 Å². The van der Waals surface area contributed by atoms with E-state index in [-0.39, 0.29) is 16.5 Å². The Bertz CT molecular complexity index is 1580. The van der Waals surface area contributed by atoms with Gasteiger partial charge in [-0.25, -0.2) is 9.78 Å². The molecule has 1 aromatic heterocycles. The van der Waals surface area contributed by atoms with Crippen molar-refractivity contribution in [2.75, 3.05) is 12.4 Å². The van der Waals surface area contributed by atoms with Crippen LogP contribution in [0.4, 0.5) is 5.69 Å². The van der Waals surface area contributed by atoms with Crippen molar-refractivity contribution >= 4 is 40.9 Å². The summed E-state index contributed by atoms with van der Waals surface area (Å²) in [5, 5.41) is 22.0. The molecule has 0 aliphatic rings. The van der Waals surface area contributed by atoms with E-state index in [9.17, 15) is 20.0 Å². The molecule has 1 amide bonds. The highest BCUT2D eigenvalue weighted by Gasteiger charge is 2.22. The number of amides is 1. The number of hydrogen-bond acceptors (Lipinski definition) is 6. The average molecular weight is 558 g/mol. The lowest BCUT2D eigenvalue weighted by molar-refractivity contribution is -0.115. The normalized spacial score (nSPS) is 11.4. The van der Waals surface area contributed by atoms with Crippen LogP contribution in [0.3, 0.4) is 0 Å². The number of aromatic carboxylic acids is 1. The van der Waals surface area contributed by atoms with Crippen molar-refractivity contribution in [2.45, 2.75) is 24.1 Å². The second-order valence-corrected chi connectivity index (χ2v) is 10.4. The van der Waals surface area contributed by atoms with Gasteiger partial charge in [0.1, 0.15) is 16.8 Å². The van der Waals surface area contributed by atoms with Gasteiger partial charge < -0.3 is 15.2 Å². The molecule has 1 heterocycles. The molecule has 0 aliphatic heterocycles. The van der Waals surface area contributed by atoms with Gasteiger partial charge in [-0.1, -0.05) is 53.2 Å². The number of rotatable bonds is 8. The Balaban J connectivity index is 1.71. The van der Waals surface area contributed by atoms with E-state index < -0.39 is 11.2 Å². The Labute approximate surface area is 235 Å². The second kappa shape index (κ2) is 12.0. The molecule has 0 aliphatic carbocycles. The van der Waals surface area contributed by atoms with Gasteiger partial charge in [-0.05, 0) is 67.9 Å². The minimum Gasteiger partial charge on any atom is -0.497 e. The van der Waals surface area contributed by atoms with E-state index in [2.05, 4.69) is 11.4 Å². The van der Waals surface area contributed by atoms with Crippen molar-refractivity contribution in [1.29, 1.82) is 5.26 Å². The maximum absolute atomic E-state index is 13.1. The number of methoxy groups -OCH3 is 1. The Morgan fingerprint density at radius 1 is 1.05 bits per heavy atom. The highest BCUT2D eigenvalue weighted by molar-refractivity contribution is 8.00. The van der Waals surface area contributed by atoms with Gasteiger partial charge in [0.15, 0.2) is 0 Å². The Kier molecular flexibility index (Phi) is 8.55. The van der Waals surface area contributed by atoms with Gasteiger partial charge in [-0.2, -0.15) is 5.26 Å². The van der Waals surface area contributed by atoms with E-state index in [1.165, 1.54) is 18.2 Å². The molecule has 0 fully saturated rings. The number of benzene rings is 3. The molecule has 0 saturated carbocycles. The van der Waals surface area contributed by atoms with Gasteiger partial charge in [-0.15, -0.1) is 0 Å². The molecule has 4 aromatic rings. The van der Waals surface area contributed by atoms with Crippen LogP contribution in [-0.2, 0) is 4.79 Å². The Hall–Kier alpha value is -4.32. The third-order valence-corrected chi connectivity index (χ3v) is 7.38. The largest absolute Gasteiger partial charge is 0.497 e. The van der Waals surface area contributed by atoms with Gasteiger partial charge in [0.25, 0.3) is 0 Å². The molecular formula is C30H24ClN3O4S. The van der Waals surface area contributed by atoms with Gasteiger partial charge in [0.2, 0.25) is 5.91 Å². The number of aromatic nitrogens is 1. The first-order valence-corrected chi connectivity index (χ1v) is 13.1. The Morgan fingerprint density at radius 2 is 1.72 bits per heavy atom. The summed E-state index contributed by atoms with van der Waals surface area (Å²) < 4.78 is 5.27. The summed E-state index contributed by atoms with van der Waals surface area (Å²) >= 11 is 7.10. The zero-order valence-electron chi connectivity index (χ0n) is 21.4. The number of pyridine rings is 1. The van der Waals surface area contributed by atoms with Crippen molar-refractivity contribution in [2.24, 2.45) is 0 Å². The number of hydrogen-bond donors (Lipinski definition) is 2. The highest BCUT2D eigenvalue weighted by atomic mass is 35.5. The topological polar surface area (TPSA) is 112 Å². The minimum atomic E-state index is -1.19. The lowest BCUT2D eigenvalue weighted by Crippen LogP contribution is -2.23. The zero-order valence-corrected chi connectivity index (χ0v) is 22.9. The summed E-state index contributed by atoms with van der Waals surface area (Å²) in [7, 11) is 1.60. The van der Waals surface area contributed by atoms with E-state index in [0.717, 1.165) is 28.5 Å². The number of nitriles is 1. The third-order valence-electron chi connectivity index (χ3n) is 5.97. The molecule has 1 unspecified atom stereocenters. The molecule has 0 bridgehead atoms. The molecule has 0 saturated heterocycles. The van der Waals surface area contributed by atoms with Crippen LogP contribution in [-0.4, -0.2) is 34.3 Å². The van der Waals surface area contributed by atoms with E-state index in [0.29, 0.717) is 33.3 Å². The van der Waals surface area contributed by atoms with E-state index in [4.69, 9.17) is 21.3 Å². The molecule has 7 nitrogen and oxygen atoms in total. The summed E-state index contributed by atoms with van der Waals surface area (Å²) in [5.74, 6) is -0.865. The van der Waals surface area contributed by atoms with E-state index >= 15 is 0 Å². The predicted octanol–water partition coefficient (Wildman–Crippen LogP) is 7.08. The monoisotopic (exact) mass is 557 g/mol. The van der Waals surface area contributed by atoms with Crippen molar-refractivity contribution in [1.82, 2.24) is 4.98 Å².